The van der Waals surface area contributed by atoms with Crippen LogP contribution in [0, 0.1) is 12.5 Å². The van der Waals surface area contributed by atoms with Crippen LogP contribution in [0.4, 0.5) is 5.82 Å². The maximum Gasteiger partial charge on any atom is 0.162 e. The lowest BCUT2D eigenvalue weighted by molar-refractivity contribution is 0.122. The topological polar surface area (TPSA) is 82.6 Å². The number of piperazine rings is 1. The number of morpholine rings is 1. The number of H-pyrrole nitrogens is 1. The van der Waals surface area contributed by atoms with E-state index in [4.69, 9.17) is 14.7 Å². The standard InChI is InChI=1S/C23H27N7OS.C3H4O/c1-28-5-7-29(8-6-28)15-16-13-20-21(32-16)23(30-9-11-31-12-10-30)26-22(25-20)17-3-2-4-19-18(17)14-24-27-19;1-3-4-2/h2-4,13-14H,5-12,15H2,1H3,(H,24,27);1H,2H3. The second-order valence-electron chi connectivity index (χ2n) is 8.94. The number of nitrogens with zero attached hydrogens (tertiary/aromatic N) is 6. The molecule has 10 heteroatoms. The number of hydrogen-bond acceptors (Lipinski definition) is 9. The van der Waals surface area contributed by atoms with Gasteiger partial charge in [0.15, 0.2) is 11.6 Å². The van der Waals surface area contributed by atoms with Crippen LogP contribution in [0.5, 0.6) is 0 Å². The van der Waals surface area contributed by atoms with Gasteiger partial charge in [-0.3, -0.25) is 10.00 Å². The van der Waals surface area contributed by atoms with Gasteiger partial charge in [0.25, 0.3) is 0 Å². The van der Waals surface area contributed by atoms with E-state index in [0.29, 0.717) is 0 Å². The Hall–Kier alpha value is -3.23. The SMILES string of the molecule is C#COC.CN1CCN(Cc2cc3nc(-c4cccc5[nH]ncc45)nc(N4CCOCC4)c3s2)CC1. The van der Waals surface area contributed by atoms with Gasteiger partial charge < -0.3 is 19.3 Å². The maximum absolute atomic E-state index is 5.61. The number of rotatable bonds is 4. The number of thiophene rings is 1. The summed E-state index contributed by atoms with van der Waals surface area (Å²) in [6.07, 6.45) is 8.35. The van der Waals surface area contributed by atoms with Crippen molar-refractivity contribution in [2.45, 2.75) is 6.54 Å². The van der Waals surface area contributed by atoms with Gasteiger partial charge in [0.05, 0.1) is 42.3 Å². The van der Waals surface area contributed by atoms with Gasteiger partial charge in [-0.1, -0.05) is 18.6 Å². The maximum atomic E-state index is 5.61. The lowest BCUT2D eigenvalue weighted by Gasteiger charge is -2.31. The Morgan fingerprint density at radius 1 is 1.14 bits per heavy atom. The van der Waals surface area contributed by atoms with Crippen molar-refractivity contribution in [3.8, 4) is 23.9 Å². The molecule has 1 aromatic carbocycles. The van der Waals surface area contributed by atoms with E-state index in [2.05, 4.69) is 55.2 Å². The third kappa shape index (κ3) is 5.29. The van der Waals surface area contributed by atoms with Crippen molar-refractivity contribution in [2.75, 3.05) is 71.5 Å². The fourth-order valence-corrected chi connectivity index (χ4v) is 5.70. The van der Waals surface area contributed by atoms with Gasteiger partial charge in [-0.15, -0.1) is 11.3 Å². The van der Waals surface area contributed by atoms with Gasteiger partial charge in [-0.2, -0.15) is 5.10 Å². The Labute approximate surface area is 215 Å². The molecule has 0 bridgehead atoms. The smallest absolute Gasteiger partial charge is 0.162 e. The molecule has 2 aliphatic rings. The fraction of sp³-hybridized carbons (Fsp3) is 0.423. The van der Waals surface area contributed by atoms with Crippen molar-refractivity contribution in [3.63, 3.8) is 0 Å². The van der Waals surface area contributed by atoms with E-state index in [-0.39, 0.29) is 0 Å². The summed E-state index contributed by atoms with van der Waals surface area (Å²) in [7, 11) is 3.64. The van der Waals surface area contributed by atoms with Crippen molar-refractivity contribution in [1.29, 1.82) is 0 Å². The lowest BCUT2D eigenvalue weighted by Crippen LogP contribution is -2.43. The van der Waals surface area contributed by atoms with Crippen LogP contribution in [0.2, 0.25) is 0 Å². The largest absolute Gasteiger partial charge is 0.450 e. The highest BCUT2D eigenvalue weighted by Crippen LogP contribution is 2.36. The number of aromatic amines is 1. The van der Waals surface area contributed by atoms with Crippen molar-refractivity contribution < 1.29 is 9.47 Å². The molecule has 3 aromatic heterocycles. The Morgan fingerprint density at radius 2 is 1.92 bits per heavy atom. The van der Waals surface area contributed by atoms with Crippen LogP contribution < -0.4 is 4.90 Å². The number of ether oxygens (including phenoxy) is 2. The minimum absolute atomic E-state index is 0.734. The molecule has 2 aliphatic heterocycles. The molecule has 5 heterocycles. The van der Waals surface area contributed by atoms with Crippen LogP contribution >= 0.6 is 11.3 Å². The lowest BCUT2D eigenvalue weighted by atomic mass is 10.1. The van der Waals surface area contributed by atoms with Gasteiger partial charge in [0.2, 0.25) is 0 Å². The first kappa shape index (κ1) is 24.5. The summed E-state index contributed by atoms with van der Waals surface area (Å²) in [5.74, 6) is 1.79. The highest BCUT2D eigenvalue weighted by molar-refractivity contribution is 7.19. The molecule has 36 heavy (non-hydrogen) atoms. The molecule has 0 aliphatic carbocycles. The molecule has 0 spiro atoms. The molecule has 9 nitrogen and oxygen atoms in total. The number of benzene rings is 1. The summed E-state index contributed by atoms with van der Waals surface area (Å²) in [4.78, 5) is 18.8. The summed E-state index contributed by atoms with van der Waals surface area (Å²) in [6, 6.07) is 8.42. The monoisotopic (exact) mass is 505 g/mol. The van der Waals surface area contributed by atoms with Crippen LogP contribution in [0.15, 0.2) is 30.5 Å². The molecule has 2 fully saturated rings. The first-order valence-electron chi connectivity index (χ1n) is 12.1. The van der Waals surface area contributed by atoms with Crippen LogP contribution in [0.25, 0.3) is 32.5 Å². The summed E-state index contributed by atoms with van der Waals surface area (Å²) in [5.41, 5.74) is 3.05. The first-order valence-corrected chi connectivity index (χ1v) is 12.9. The van der Waals surface area contributed by atoms with Crippen molar-refractivity contribution in [3.05, 3.63) is 35.3 Å². The predicted octanol–water partition coefficient (Wildman–Crippen LogP) is 3.04. The number of hydrogen-bond donors (Lipinski definition) is 1. The molecule has 188 valence electrons. The summed E-state index contributed by atoms with van der Waals surface area (Å²) >= 11 is 1.84. The summed E-state index contributed by atoms with van der Waals surface area (Å²) in [5, 5.41) is 8.33. The number of fused-ring (bicyclic) bond motifs is 2. The molecule has 0 saturated carbocycles. The van der Waals surface area contributed by atoms with Crippen molar-refractivity contribution in [1.82, 2.24) is 30.0 Å². The van der Waals surface area contributed by atoms with Crippen LogP contribution in [-0.4, -0.2) is 96.6 Å². The number of methoxy groups -OCH3 is 1. The number of likely N-dealkylation sites (N-methyl/N-ethyl adjacent to an activating group) is 1. The van der Waals surface area contributed by atoms with Crippen molar-refractivity contribution >= 4 is 38.3 Å². The average molecular weight is 506 g/mol. The zero-order valence-electron chi connectivity index (χ0n) is 20.7. The number of terminal acetylenes is 1. The molecular weight excluding hydrogens is 474 g/mol. The Bertz CT molecular complexity index is 1350. The molecule has 0 radical (unpaired) electrons. The molecule has 0 atom stereocenters. The third-order valence-corrected chi connectivity index (χ3v) is 7.64. The van der Waals surface area contributed by atoms with E-state index in [1.165, 1.54) is 16.7 Å². The van der Waals surface area contributed by atoms with Gasteiger partial charge >= 0.3 is 0 Å². The van der Waals surface area contributed by atoms with E-state index < -0.39 is 0 Å². The normalized spacial score (nSPS) is 17.1. The van der Waals surface area contributed by atoms with E-state index in [1.54, 1.807) is 0 Å². The molecule has 1 N–H and O–H groups in total. The van der Waals surface area contributed by atoms with E-state index in [0.717, 1.165) is 92.7 Å². The van der Waals surface area contributed by atoms with Gasteiger partial charge in [-0.05, 0) is 19.2 Å². The Kier molecular flexibility index (Phi) is 7.63. The first-order chi connectivity index (χ1) is 17.7. The number of anilines is 1. The van der Waals surface area contributed by atoms with Gasteiger partial charge in [-0.25, -0.2) is 9.97 Å². The van der Waals surface area contributed by atoms with Crippen LogP contribution in [-0.2, 0) is 16.0 Å². The third-order valence-electron chi connectivity index (χ3n) is 6.53. The number of nitrogens with one attached hydrogen (secondary N) is 1. The van der Waals surface area contributed by atoms with Crippen LogP contribution in [0.3, 0.4) is 0 Å². The second-order valence-corrected chi connectivity index (χ2v) is 10.1. The van der Waals surface area contributed by atoms with Gasteiger partial charge in [0, 0.05) is 61.6 Å². The molecular formula is C26H31N7O2S. The van der Waals surface area contributed by atoms with E-state index in [1.807, 2.05) is 35.8 Å². The average Bonchev–Trinajstić information content (AvgIpc) is 3.56. The Morgan fingerprint density at radius 3 is 2.67 bits per heavy atom. The summed E-state index contributed by atoms with van der Waals surface area (Å²) in [6.45, 7) is 8.63. The van der Waals surface area contributed by atoms with Crippen molar-refractivity contribution in [2.24, 2.45) is 0 Å². The van der Waals surface area contributed by atoms with E-state index in [9.17, 15) is 0 Å². The minimum atomic E-state index is 0.734. The summed E-state index contributed by atoms with van der Waals surface area (Å²) < 4.78 is 10.9. The zero-order chi connectivity index (χ0) is 24.9. The minimum Gasteiger partial charge on any atom is -0.450 e. The van der Waals surface area contributed by atoms with Crippen LogP contribution in [0.1, 0.15) is 4.88 Å². The highest BCUT2D eigenvalue weighted by Gasteiger charge is 2.22. The number of aromatic nitrogens is 4. The highest BCUT2D eigenvalue weighted by atomic mass is 32.1. The second kappa shape index (κ2) is 11.2. The molecule has 0 amide bonds. The Balaban J connectivity index is 0.000000623. The fourth-order valence-electron chi connectivity index (χ4n) is 4.54. The quantitative estimate of drug-likeness (QED) is 0.424. The molecule has 0 unspecified atom stereocenters. The predicted molar refractivity (Wildman–Crippen MR) is 144 cm³/mol. The molecule has 4 aromatic rings. The molecule has 6 rings (SSSR count). The zero-order valence-corrected chi connectivity index (χ0v) is 21.6. The molecule has 2 saturated heterocycles. The van der Waals surface area contributed by atoms with Gasteiger partial charge in [0.1, 0.15) is 6.11 Å². The van der Waals surface area contributed by atoms with E-state index >= 15 is 0 Å².